The zero-order chi connectivity index (χ0) is 26.2. The van der Waals surface area contributed by atoms with Crippen LogP contribution in [0.5, 0.6) is 0 Å². The third kappa shape index (κ3) is 4.24. The maximum atomic E-state index is 14.4. The SMILES string of the molecule is O=C1C(c2ccc3ncccc3c2)=C(Nc2cnccn2)NC2=C(C3=CCCCC3)C(c3ccccc3)NN12. The highest BCUT2D eigenvalue weighted by molar-refractivity contribution is 6.22. The lowest BCUT2D eigenvalue weighted by Gasteiger charge is -2.31. The van der Waals surface area contributed by atoms with E-state index in [4.69, 9.17) is 0 Å². The van der Waals surface area contributed by atoms with Gasteiger partial charge in [-0.05, 0) is 60.6 Å². The van der Waals surface area contributed by atoms with Crippen LogP contribution in [0.25, 0.3) is 16.5 Å². The molecule has 8 heteroatoms. The molecule has 0 saturated carbocycles. The maximum absolute atomic E-state index is 14.4. The first kappa shape index (κ1) is 23.3. The van der Waals surface area contributed by atoms with Crippen LogP contribution < -0.4 is 16.1 Å². The molecule has 0 fully saturated rings. The van der Waals surface area contributed by atoms with Gasteiger partial charge in [0.2, 0.25) is 0 Å². The van der Waals surface area contributed by atoms with E-state index < -0.39 is 0 Å². The van der Waals surface area contributed by atoms with E-state index in [1.165, 1.54) is 12.0 Å². The van der Waals surface area contributed by atoms with Gasteiger partial charge in [0, 0.05) is 29.5 Å². The van der Waals surface area contributed by atoms with E-state index in [2.05, 4.69) is 49.2 Å². The number of hydrogen-bond donors (Lipinski definition) is 3. The van der Waals surface area contributed by atoms with Crippen molar-refractivity contribution < 1.29 is 4.79 Å². The first-order valence-corrected chi connectivity index (χ1v) is 13.2. The Morgan fingerprint density at radius 1 is 0.949 bits per heavy atom. The van der Waals surface area contributed by atoms with Crippen LogP contribution in [0.2, 0.25) is 0 Å². The van der Waals surface area contributed by atoms with Gasteiger partial charge in [-0.25, -0.2) is 15.4 Å². The number of nitrogens with one attached hydrogen (secondary N) is 3. The smallest absolute Gasteiger partial charge is 0.278 e. The number of carbonyl (C=O) groups is 1. The number of hydrogen-bond acceptors (Lipinski definition) is 7. The molecule has 8 nitrogen and oxygen atoms in total. The molecule has 0 spiro atoms. The maximum Gasteiger partial charge on any atom is 0.278 e. The van der Waals surface area contributed by atoms with Crippen LogP contribution in [0.15, 0.2) is 114 Å². The average Bonchev–Trinajstić information content (AvgIpc) is 3.38. The van der Waals surface area contributed by atoms with Crippen molar-refractivity contribution in [2.75, 3.05) is 5.32 Å². The molecule has 2 aromatic carbocycles. The standard InChI is InChI=1S/C31H27N7O/c39-31-27(23-13-14-24-22(18-23)12-7-15-33-24)29(35-25-19-32-16-17-34-25)36-30-26(20-8-3-1-4-9-20)28(37-38(30)31)21-10-5-2-6-11-21/h2,5-8,10-19,28,36-37H,1,3-4,9H2,(H,34,35). The van der Waals surface area contributed by atoms with Gasteiger partial charge in [-0.1, -0.05) is 48.5 Å². The molecule has 1 amide bonds. The number of aromatic nitrogens is 3. The van der Waals surface area contributed by atoms with Crippen LogP contribution in [0, 0.1) is 0 Å². The first-order chi connectivity index (χ1) is 19.3. The molecule has 3 aliphatic rings. The van der Waals surface area contributed by atoms with E-state index in [1.807, 2.05) is 48.5 Å². The fraction of sp³-hybridized carbons (Fsp3) is 0.161. The summed E-state index contributed by atoms with van der Waals surface area (Å²) in [5, 5.41) is 9.59. The summed E-state index contributed by atoms with van der Waals surface area (Å²) in [5.41, 5.74) is 9.18. The van der Waals surface area contributed by atoms with Crippen LogP contribution in [0.4, 0.5) is 5.82 Å². The Labute approximate surface area is 226 Å². The molecular weight excluding hydrogens is 486 g/mol. The fourth-order valence-corrected chi connectivity index (χ4v) is 5.59. The number of allylic oxidation sites excluding steroid dienone is 1. The molecule has 7 rings (SSSR count). The van der Waals surface area contributed by atoms with Crippen molar-refractivity contribution in [3.63, 3.8) is 0 Å². The highest BCUT2D eigenvalue weighted by Crippen LogP contribution is 2.42. The van der Waals surface area contributed by atoms with Gasteiger partial charge in [0.1, 0.15) is 17.5 Å². The lowest BCUT2D eigenvalue weighted by molar-refractivity contribution is -0.126. The molecule has 0 radical (unpaired) electrons. The highest BCUT2D eigenvalue weighted by atomic mass is 16.2. The van der Waals surface area contributed by atoms with E-state index >= 15 is 0 Å². The number of fused-ring (bicyclic) bond motifs is 2. The molecule has 4 aromatic rings. The van der Waals surface area contributed by atoms with Gasteiger partial charge in [-0.15, -0.1) is 0 Å². The number of rotatable bonds is 5. The number of pyridine rings is 1. The van der Waals surface area contributed by atoms with Gasteiger partial charge in [0.05, 0.1) is 23.3 Å². The lowest BCUT2D eigenvalue weighted by Crippen LogP contribution is -2.47. The van der Waals surface area contributed by atoms with Crippen LogP contribution in [0.3, 0.4) is 0 Å². The largest absolute Gasteiger partial charge is 0.326 e. The Morgan fingerprint density at radius 2 is 1.87 bits per heavy atom. The molecule has 192 valence electrons. The zero-order valence-corrected chi connectivity index (χ0v) is 21.3. The summed E-state index contributed by atoms with van der Waals surface area (Å²) in [6.45, 7) is 0. The van der Waals surface area contributed by atoms with Crippen molar-refractivity contribution in [3.05, 3.63) is 125 Å². The molecule has 0 bridgehead atoms. The summed E-state index contributed by atoms with van der Waals surface area (Å²) >= 11 is 0. The van der Waals surface area contributed by atoms with Gasteiger partial charge >= 0.3 is 0 Å². The van der Waals surface area contributed by atoms with E-state index in [1.54, 1.807) is 29.8 Å². The van der Waals surface area contributed by atoms with Crippen LogP contribution in [0.1, 0.15) is 42.9 Å². The normalized spacial score (nSPS) is 19.2. The summed E-state index contributed by atoms with van der Waals surface area (Å²) in [4.78, 5) is 27.4. The second kappa shape index (κ2) is 9.81. The Balaban J connectivity index is 1.40. The number of carbonyl (C=O) groups excluding carboxylic acids is 1. The Hall–Kier alpha value is -4.82. The van der Waals surface area contributed by atoms with Gasteiger partial charge in [0.25, 0.3) is 5.91 Å². The van der Waals surface area contributed by atoms with E-state index in [9.17, 15) is 4.79 Å². The number of anilines is 1. The molecule has 1 unspecified atom stereocenters. The minimum atomic E-state index is -0.153. The van der Waals surface area contributed by atoms with Crippen molar-refractivity contribution in [3.8, 4) is 0 Å². The van der Waals surface area contributed by atoms with Gasteiger partial charge < -0.3 is 10.6 Å². The topological polar surface area (TPSA) is 95.1 Å². The quantitative estimate of drug-likeness (QED) is 0.337. The molecule has 1 aliphatic carbocycles. The zero-order valence-electron chi connectivity index (χ0n) is 21.3. The number of hydrazine groups is 1. The van der Waals surface area contributed by atoms with Crippen molar-refractivity contribution in [2.45, 2.75) is 31.7 Å². The van der Waals surface area contributed by atoms with Crippen molar-refractivity contribution in [1.29, 1.82) is 0 Å². The Morgan fingerprint density at radius 3 is 2.69 bits per heavy atom. The molecule has 39 heavy (non-hydrogen) atoms. The van der Waals surface area contributed by atoms with Crippen LogP contribution in [-0.2, 0) is 4.79 Å². The Kier molecular flexibility index (Phi) is 5.86. The molecule has 2 aromatic heterocycles. The predicted molar refractivity (Wildman–Crippen MR) is 150 cm³/mol. The number of nitrogens with zero attached hydrogens (tertiary/aromatic N) is 4. The molecule has 3 N–H and O–H groups in total. The Bertz CT molecular complexity index is 1660. The minimum absolute atomic E-state index is 0.147. The van der Waals surface area contributed by atoms with Crippen molar-refractivity contribution in [1.82, 2.24) is 30.7 Å². The van der Waals surface area contributed by atoms with E-state index in [-0.39, 0.29) is 11.9 Å². The first-order valence-electron chi connectivity index (χ1n) is 13.2. The van der Waals surface area contributed by atoms with Gasteiger partial charge in [-0.3, -0.25) is 14.8 Å². The minimum Gasteiger partial charge on any atom is -0.326 e. The molecule has 4 heterocycles. The average molecular weight is 514 g/mol. The van der Waals surface area contributed by atoms with Crippen LogP contribution in [-0.4, -0.2) is 25.9 Å². The van der Waals surface area contributed by atoms with Gasteiger partial charge in [-0.2, -0.15) is 0 Å². The molecular formula is C31H27N7O. The summed E-state index contributed by atoms with van der Waals surface area (Å²) in [6.07, 6.45) is 13.3. The third-order valence-electron chi connectivity index (χ3n) is 7.41. The summed E-state index contributed by atoms with van der Waals surface area (Å²) in [6, 6.07) is 19.9. The lowest BCUT2D eigenvalue weighted by atomic mass is 9.87. The summed E-state index contributed by atoms with van der Waals surface area (Å²) in [7, 11) is 0. The molecule has 1 atom stereocenters. The second-order valence-electron chi connectivity index (χ2n) is 9.85. The number of amides is 1. The van der Waals surface area contributed by atoms with E-state index in [0.717, 1.165) is 52.7 Å². The number of benzene rings is 2. The van der Waals surface area contributed by atoms with E-state index in [0.29, 0.717) is 17.2 Å². The predicted octanol–water partition coefficient (Wildman–Crippen LogP) is 5.21. The molecule has 2 aliphatic heterocycles. The third-order valence-corrected chi connectivity index (χ3v) is 7.41. The highest BCUT2D eigenvalue weighted by Gasteiger charge is 2.42. The van der Waals surface area contributed by atoms with Crippen LogP contribution >= 0.6 is 0 Å². The monoisotopic (exact) mass is 513 g/mol. The summed E-state index contributed by atoms with van der Waals surface area (Å²) < 4.78 is 0. The van der Waals surface area contributed by atoms with Crippen molar-refractivity contribution in [2.24, 2.45) is 0 Å². The second-order valence-corrected chi connectivity index (χ2v) is 9.85. The summed E-state index contributed by atoms with van der Waals surface area (Å²) in [5.74, 6) is 1.72. The molecule has 0 saturated heterocycles. The fourth-order valence-electron chi connectivity index (χ4n) is 5.59. The van der Waals surface area contributed by atoms with Crippen molar-refractivity contribution >= 4 is 28.2 Å². The van der Waals surface area contributed by atoms with Gasteiger partial charge in [0.15, 0.2) is 0 Å².